The maximum Gasteiger partial charge on any atom is 0.222 e. The van der Waals surface area contributed by atoms with E-state index < -0.39 is 12.1 Å². The average molecular weight is 476 g/mol. The molecule has 0 bridgehead atoms. The van der Waals surface area contributed by atoms with Crippen LogP contribution in [0.15, 0.2) is 24.4 Å². The number of halogens is 1. The lowest BCUT2D eigenvalue weighted by Crippen LogP contribution is -2.46. The Morgan fingerprint density at radius 2 is 2.00 bits per heavy atom. The Kier molecular flexibility index (Phi) is 9.21. The number of nitrogens with one attached hydrogen (secondary N) is 2. The number of aliphatic hydroxyl groups excluding tert-OH is 1. The molecule has 3 atom stereocenters. The number of hydrogen-bond donors (Lipinski definition) is 3. The first-order valence-corrected chi connectivity index (χ1v) is 12.6. The number of H-pyrrole nitrogens is 1. The monoisotopic (exact) mass is 475 g/mol. The number of anilines is 1. The van der Waals surface area contributed by atoms with E-state index in [1.54, 1.807) is 18.1 Å². The number of hydrogen-bond acceptors (Lipinski definition) is 3. The fourth-order valence-corrected chi connectivity index (χ4v) is 5.53. The van der Waals surface area contributed by atoms with Gasteiger partial charge in [-0.25, -0.2) is 0 Å². The summed E-state index contributed by atoms with van der Waals surface area (Å²) in [5.41, 5.74) is 1.60. The van der Waals surface area contributed by atoms with E-state index in [0.717, 1.165) is 36.6 Å². The molecular formula is C26H38ClN3O3. The molecular weight excluding hydrogens is 438 g/mol. The zero-order chi connectivity index (χ0) is 24.0. The lowest BCUT2D eigenvalue weighted by Gasteiger charge is -2.36. The lowest BCUT2D eigenvalue weighted by molar-refractivity contribution is -0.126. The number of fused-ring (bicyclic) bond motifs is 1. The van der Waals surface area contributed by atoms with Crippen LogP contribution in [0.2, 0.25) is 5.02 Å². The number of carbonyl (C=O) groups excluding carboxylic acids is 2. The van der Waals surface area contributed by atoms with Gasteiger partial charge in [0.25, 0.3) is 0 Å². The molecule has 0 saturated heterocycles. The summed E-state index contributed by atoms with van der Waals surface area (Å²) >= 11 is 6.25. The van der Waals surface area contributed by atoms with Crippen molar-refractivity contribution in [3.63, 3.8) is 0 Å². The van der Waals surface area contributed by atoms with Gasteiger partial charge in [0.05, 0.1) is 17.8 Å². The van der Waals surface area contributed by atoms with Crippen molar-refractivity contribution in [3.8, 4) is 0 Å². The molecule has 1 aromatic carbocycles. The van der Waals surface area contributed by atoms with E-state index in [2.05, 4.69) is 24.1 Å². The van der Waals surface area contributed by atoms with Gasteiger partial charge < -0.3 is 20.3 Å². The van der Waals surface area contributed by atoms with Crippen LogP contribution in [0, 0.1) is 17.8 Å². The standard InChI is InChI=1S/C26H38ClN3O3/c1-17(2)11-19(26(33)28-3)13-25(32)23(12-18-7-5-4-6-8-18)30(16-31)24-15-29-22-10-9-20(27)14-21(22)24/h9-10,14-19,23,25,29,32H,4-8,11-13H2,1-3H3,(H,28,33)/t19-,23+,25+/m1/s1. The first-order valence-electron chi connectivity index (χ1n) is 12.2. The van der Waals surface area contributed by atoms with Gasteiger partial charge in [-0.1, -0.05) is 57.6 Å². The lowest BCUT2D eigenvalue weighted by atomic mass is 9.81. The van der Waals surface area contributed by atoms with Crippen molar-refractivity contribution in [1.29, 1.82) is 0 Å². The Balaban J connectivity index is 1.93. The summed E-state index contributed by atoms with van der Waals surface area (Å²) in [5, 5.41) is 15.7. The number of carbonyl (C=O) groups is 2. The largest absolute Gasteiger partial charge is 0.391 e. The zero-order valence-corrected chi connectivity index (χ0v) is 20.8. The molecule has 1 aliphatic rings. The van der Waals surface area contributed by atoms with Gasteiger partial charge in [-0.15, -0.1) is 0 Å². The Morgan fingerprint density at radius 3 is 2.64 bits per heavy atom. The quantitative estimate of drug-likeness (QED) is 0.386. The van der Waals surface area contributed by atoms with Crippen LogP contribution in [0.25, 0.3) is 10.9 Å². The molecule has 3 N–H and O–H groups in total. The SMILES string of the molecule is CNC(=O)[C@H](CC(C)C)C[C@H](O)[C@H](CC1CCCCC1)N(C=O)c1c[nH]c2ccc(Cl)cc12. The topological polar surface area (TPSA) is 85.4 Å². The van der Waals surface area contributed by atoms with Crippen molar-refractivity contribution < 1.29 is 14.7 Å². The summed E-state index contributed by atoms with van der Waals surface area (Å²) in [6.07, 6.45) is 9.38. The van der Waals surface area contributed by atoms with E-state index in [1.807, 2.05) is 18.2 Å². The number of aromatic amines is 1. The van der Waals surface area contributed by atoms with Crippen molar-refractivity contribution in [2.45, 2.75) is 77.4 Å². The third-order valence-electron chi connectivity index (χ3n) is 7.01. The summed E-state index contributed by atoms with van der Waals surface area (Å²) in [6.45, 7) is 4.16. The molecule has 182 valence electrons. The van der Waals surface area contributed by atoms with Gasteiger partial charge in [-0.05, 0) is 49.3 Å². The first-order chi connectivity index (χ1) is 15.8. The molecule has 1 aromatic heterocycles. The summed E-state index contributed by atoms with van der Waals surface area (Å²) in [6, 6.07) is 5.13. The molecule has 6 nitrogen and oxygen atoms in total. The summed E-state index contributed by atoms with van der Waals surface area (Å²) in [5.74, 6) is 0.424. The minimum Gasteiger partial charge on any atom is -0.391 e. The van der Waals surface area contributed by atoms with E-state index in [9.17, 15) is 14.7 Å². The van der Waals surface area contributed by atoms with Crippen LogP contribution >= 0.6 is 11.6 Å². The summed E-state index contributed by atoms with van der Waals surface area (Å²) < 4.78 is 0. The Labute approximate surface area is 202 Å². The van der Waals surface area contributed by atoms with Crippen LogP contribution in [0.4, 0.5) is 5.69 Å². The normalized spacial score (nSPS) is 17.6. The predicted molar refractivity (Wildman–Crippen MR) is 134 cm³/mol. The molecule has 33 heavy (non-hydrogen) atoms. The van der Waals surface area contributed by atoms with Gasteiger partial charge in [-0.3, -0.25) is 9.59 Å². The summed E-state index contributed by atoms with van der Waals surface area (Å²) in [4.78, 5) is 29.9. The smallest absolute Gasteiger partial charge is 0.222 e. The molecule has 2 aromatic rings. The van der Waals surface area contributed by atoms with E-state index in [4.69, 9.17) is 11.6 Å². The molecule has 1 heterocycles. The number of benzene rings is 1. The van der Waals surface area contributed by atoms with Crippen LogP contribution in [0.3, 0.4) is 0 Å². The molecule has 0 aliphatic heterocycles. The van der Waals surface area contributed by atoms with Crippen molar-refractivity contribution in [3.05, 3.63) is 29.4 Å². The van der Waals surface area contributed by atoms with Gasteiger partial charge in [0, 0.05) is 35.1 Å². The number of aromatic nitrogens is 1. The molecule has 1 fully saturated rings. The van der Waals surface area contributed by atoms with Crippen molar-refractivity contribution in [2.75, 3.05) is 11.9 Å². The van der Waals surface area contributed by atoms with Crippen molar-refractivity contribution in [1.82, 2.24) is 10.3 Å². The summed E-state index contributed by atoms with van der Waals surface area (Å²) in [7, 11) is 1.63. The van der Waals surface area contributed by atoms with Crippen LogP contribution in [-0.4, -0.2) is 41.6 Å². The van der Waals surface area contributed by atoms with E-state index in [1.165, 1.54) is 19.3 Å². The average Bonchev–Trinajstić information content (AvgIpc) is 3.21. The second-order valence-electron chi connectivity index (χ2n) is 9.93. The fourth-order valence-electron chi connectivity index (χ4n) is 5.36. The Bertz CT molecular complexity index is 923. The number of aliphatic hydroxyl groups is 1. The second-order valence-corrected chi connectivity index (χ2v) is 10.4. The zero-order valence-electron chi connectivity index (χ0n) is 20.0. The van der Waals surface area contributed by atoms with Gasteiger partial charge in [0.1, 0.15) is 0 Å². The molecule has 1 aliphatic carbocycles. The van der Waals surface area contributed by atoms with Gasteiger partial charge >= 0.3 is 0 Å². The van der Waals surface area contributed by atoms with Gasteiger partial charge in [0.2, 0.25) is 12.3 Å². The predicted octanol–water partition coefficient (Wildman–Crippen LogP) is 5.28. The fraction of sp³-hybridized carbons (Fsp3) is 0.615. The highest BCUT2D eigenvalue weighted by Crippen LogP contribution is 2.35. The minimum absolute atomic E-state index is 0.0595. The van der Waals surface area contributed by atoms with E-state index in [0.29, 0.717) is 35.4 Å². The van der Waals surface area contributed by atoms with E-state index in [-0.39, 0.29) is 11.8 Å². The molecule has 7 heteroatoms. The van der Waals surface area contributed by atoms with E-state index >= 15 is 0 Å². The van der Waals surface area contributed by atoms with Crippen molar-refractivity contribution in [2.24, 2.45) is 17.8 Å². The molecule has 0 spiro atoms. The molecule has 1 saturated carbocycles. The highest BCUT2D eigenvalue weighted by atomic mass is 35.5. The van der Waals surface area contributed by atoms with Crippen LogP contribution in [-0.2, 0) is 9.59 Å². The van der Waals surface area contributed by atoms with Crippen molar-refractivity contribution >= 4 is 40.5 Å². The molecule has 0 unspecified atom stereocenters. The molecule has 0 radical (unpaired) electrons. The highest BCUT2D eigenvalue weighted by Gasteiger charge is 2.34. The Morgan fingerprint density at radius 1 is 1.27 bits per heavy atom. The second kappa shape index (κ2) is 11.9. The van der Waals surface area contributed by atoms with Gasteiger partial charge in [-0.2, -0.15) is 0 Å². The first kappa shape index (κ1) is 25.6. The molecule has 2 amide bonds. The maximum absolute atomic E-state index is 12.6. The third-order valence-corrected chi connectivity index (χ3v) is 7.25. The maximum atomic E-state index is 12.6. The number of amides is 2. The van der Waals surface area contributed by atoms with Crippen LogP contribution < -0.4 is 10.2 Å². The molecule has 3 rings (SSSR count). The minimum atomic E-state index is -0.817. The number of nitrogens with zero attached hydrogens (tertiary/aromatic N) is 1. The number of rotatable bonds is 11. The Hall–Kier alpha value is -2.05. The third kappa shape index (κ3) is 6.51. The van der Waals surface area contributed by atoms with Crippen LogP contribution in [0.5, 0.6) is 0 Å². The van der Waals surface area contributed by atoms with Gasteiger partial charge in [0.15, 0.2) is 0 Å². The van der Waals surface area contributed by atoms with Crippen LogP contribution in [0.1, 0.15) is 65.2 Å². The highest BCUT2D eigenvalue weighted by molar-refractivity contribution is 6.31.